The molecule has 3 aliphatic carbocycles. The lowest BCUT2D eigenvalue weighted by Gasteiger charge is -2.64. The summed E-state index contributed by atoms with van der Waals surface area (Å²) in [5, 5.41) is 7.62. The van der Waals surface area contributed by atoms with Gasteiger partial charge in [-0.05, 0) is 109 Å². The summed E-state index contributed by atoms with van der Waals surface area (Å²) < 4.78 is 71.8. The lowest BCUT2D eigenvalue weighted by molar-refractivity contribution is -0.199. The highest BCUT2D eigenvalue weighted by atomic mass is 35.5. The number of halogens is 3. The summed E-state index contributed by atoms with van der Waals surface area (Å²) in [5.41, 5.74) is -3.16. The highest BCUT2D eigenvalue weighted by Gasteiger charge is 2.68. The number of carbonyl (C=O) groups is 6. The molecular weight excluding hydrogens is 927 g/mol. The molecule has 3 N–H and O–H groups in total. The zero-order chi connectivity index (χ0) is 51.1. The maximum absolute atomic E-state index is 15.9. The topological polar surface area (TPSA) is 210 Å². The predicted octanol–water partition coefficient (Wildman–Crippen LogP) is 5.93. The van der Waals surface area contributed by atoms with Crippen LogP contribution in [0.1, 0.15) is 109 Å². The molecule has 5 aliphatic rings. The summed E-state index contributed by atoms with van der Waals surface area (Å²) in [6.45, 7) is 16.1. The van der Waals surface area contributed by atoms with Crippen LogP contribution in [0.5, 0.6) is 17.2 Å². The Morgan fingerprint density at radius 3 is 2.14 bits per heavy atom. The molecule has 2 unspecified atom stereocenters. The molecule has 2 saturated heterocycles. The molecule has 0 radical (unpaired) electrons. The van der Waals surface area contributed by atoms with Crippen molar-refractivity contribution in [3.05, 3.63) is 51.5 Å². The Bertz CT molecular complexity index is 2360. The Morgan fingerprint density at radius 2 is 1.54 bits per heavy atom. The van der Waals surface area contributed by atoms with Gasteiger partial charge in [-0.25, -0.2) is 23.2 Å². The van der Waals surface area contributed by atoms with E-state index in [0.29, 0.717) is 17.2 Å². The summed E-state index contributed by atoms with van der Waals surface area (Å²) in [7, 11) is 2.44. The summed E-state index contributed by atoms with van der Waals surface area (Å²) in [6.07, 6.45) is 0.575. The maximum Gasteiger partial charge on any atom is 0.482 e. The molecule has 378 valence electrons. The summed E-state index contributed by atoms with van der Waals surface area (Å²) in [5.74, 6) is -7.82. The first-order valence-electron chi connectivity index (χ1n) is 22.9. The summed E-state index contributed by atoms with van der Waals surface area (Å²) in [6, 6.07) is 0.214. The van der Waals surface area contributed by atoms with Crippen molar-refractivity contribution in [2.75, 3.05) is 47.5 Å². The van der Waals surface area contributed by atoms with Crippen molar-refractivity contribution in [3.8, 4) is 17.2 Å². The molecule has 2 aromatic rings. The molecule has 2 aromatic carbocycles. The Kier molecular flexibility index (Phi) is 15.5. The number of hydrogen-bond acceptors (Lipinski definition) is 13. The Hall–Kier alpha value is -5.41. The van der Waals surface area contributed by atoms with E-state index < -0.39 is 94.7 Å². The minimum atomic E-state index is -1.90. The second kappa shape index (κ2) is 20.1. The smallest absolute Gasteiger partial charge is 0.482 e. The number of alkyl carbamates (subject to hydrolysis) is 1. The first-order valence-corrected chi connectivity index (χ1v) is 23.2. The standard InChI is InChI=1S/C47H63BClF2N5O13/c1-44(2,3)66-41(60)32-27(50)15-14-24(35(32)63-10)20-31(48-68-30-22-25-21-29(46(25,7)8)47(30,9)69-48)53-38(57)34(26-23-28(51)36(64-11)37(65-12)33(26)49)54-42(61)56-19-18-55(39(58)40(56)59)17-13-16-52-43(62)67-45(4,5)6/h14-15,23,25,29-31,34H,13,16-22H2,1-12H3,(H,52,62)(H,53,57)(H,54,61)/t25-,29-,30+,31?,34?,47-/m0/s1. The van der Waals surface area contributed by atoms with Gasteiger partial charge in [0.25, 0.3) is 0 Å². The average molecular weight is 990 g/mol. The highest BCUT2D eigenvalue weighted by Crippen LogP contribution is 2.66. The van der Waals surface area contributed by atoms with Crippen LogP contribution in [0.3, 0.4) is 0 Å². The maximum atomic E-state index is 15.9. The van der Waals surface area contributed by atoms with Gasteiger partial charge in [0.05, 0.1) is 44.0 Å². The van der Waals surface area contributed by atoms with Crippen molar-refractivity contribution in [3.63, 3.8) is 0 Å². The number of methoxy groups -OCH3 is 3. The highest BCUT2D eigenvalue weighted by molar-refractivity contribution is 6.48. The lowest BCUT2D eigenvalue weighted by Crippen LogP contribution is -2.65. The van der Waals surface area contributed by atoms with Crippen LogP contribution in [0.2, 0.25) is 5.02 Å². The molecule has 0 spiro atoms. The van der Waals surface area contributed by atoms with E-state index >= 15 is 13.6 Å². The largest absolute Gasteiger partial charge is 0.495 e. The van der Waals surface area contributed by atoms with Crippen molar-refractivity contribution in [2.45, 2.75) is 123 Å². The van der Waals surface area contributed by atoms with Crippen LogP contribution in [0, 0.1) is 28.9 Å². The van der Waals surface area contributed by atoms with Crippen LogP contribution in [0.25, 0.3) is 0 Å². The van der Waals surface area contributed by atoms with Crippen molar-refractivity contribution >= 4 is 54.5 Å². The van der Waals surface area contributed by atoms with Gasteiger partial charge < -0.3 is 53.8 Å². The number of benzene rings is 2. The van der Waals surface area contributed by atoms with E-state index in [-0.39, 0.29) is 84.1 Å². The molecule has 5 fully saturated rings. The Labute approximate surface area is 406 Å². The SMILES string of the molecule is COc1c(F)cc(C(NC(=O)N2CCN(CCCNC(=O)OC(C)(C)C)C(=O)C2=O)C(=O)NC(Cc2ccc(F)c(C(=O)OC(C)(C)C)c2OC)B2O[C@@H]3C[C@@H]4C[C@@H](C4(C)C)[C@]3(C)O2)c(Cl)c1OC. The van der Waals surface area contributed by atoms with E-state index in [9.17, 15) is 24.0 Å². The van der Waals surface area contributed by atoms with Gasteiger partial charge in [-0.3, -0.25) is 19.3 Å². The van der Waals surface area contributed by atoms with E-state index in [1.54, 1.807) is 41.5 Å². The first-order chi connectivity index (χ1) is 32.1. The molecule has 2 bridgehead atoms. The number of nitrogens with zero attached hydrogens (tertiary/aromatic N) is 2. The van der Waals surface area contributed by atoms with E-state index in [4.69, 9.17) is 44.6 Å². The molecule has 6 atom stereocenters. The second-order valence-corrected chi connectivity index (χ2v) is 20.9. The number of nitrogens with one attached hydrogen (secondary N) is 3. The number of ether oxygens (including phenoxy) is 5. The third kappa shape index (κ3) is 11.0. The molecule has 22 heteroatoms. The van der Waals surface area contributed by atoms with Gasteiger partial charge in [-0.15, -0.1) is 0 Å². The number of urea groups is 1. The fourth-order valence-electron chi connectivity index (χ4n) is 9.83. The summed E-state index contributed by atoms with van der Waals surface area (Å²) >= 11 is 6.82. The Morgan fingerprint density at radius 1 is 0.884 bits per heavy atom. The molecule has 2 aliphatic heterocycles. The minimum Gasteiger partial charge on any atom is -0.495 e. The molecule has 3 saturated carbocycles. The zero-order valence-electron chi connectivity index (χ0n) is 41.2. The predicted molar refractivity (Wildman–Crippen MR) is 247 cm³/mol. The molecule has 6 amide bonds. The van der Waals surface area contributed by atoms with Crippen LogP contribution < -0.4 is 30.2 Å². The van der Waals surface area contributed by atoms with E-state index in [2.05, 4.69) is 29.8 Å². The van der Waals surface area contributed by atoms with Crippen molar-refractivity contribution in [2.24, 2.45) is 17.3 Å². The van der Waals surface area contributed by atoms with Gasteiger partial charge in [-0.1, -0.05) is 31.5 Å². The normalized spacial score (nSPS) is 22.7. The van der Waals surface area contributed by atoms with E-state index in [1.165, 1.54) is 32.3 Å². The quantitative estimate of drug-likeness (QED) is 0.0819. The van der Waals surface area contributed by atoms with Gasteiger partial charge in [-0.2, -0.15) is 0 Å². The Balaban J connectivity index is 1.32. The fourth-order valence-corrected chi connectivity index (χ4v) is 10.2. The fraction of sp³-hybridized carbons (Fsp3) is 0.617. The van der Waals surface area contributed by atoms with Crippen molar-refractivity contribution in [1.82, 2.24) is 25.8 Å². The number of piperazine rings is 1. The average Bonchev–Trinajstić information content (AvgIpc) is 3.62. The van der Waals surface area contributed by atoms with Gasteiger partial charge in [0, 0.05) is 31.7 Å². The summed E-state index contributed by atoms with van der Waals surface area (Å²) in [4.78, 5) is 83.5. The van der Waals surface area contributed by atoms with Gasteiger partial charge in [0.2, 0.25) is 5.91 Å². The van der Waals surface area contributed by atoms with Crippen LogP contribution in [0.15, 0.2) is 18.2 Å². The number of hydrogen-bond donors (Lipinski definition) is 3. The van der Waals surface area contributed by atoms with Gasteiger partial charge in [0.15, 0.2) is 17.3 Å². The van der Waals surface area contributed by atoms with E-state index in [1.807, 2.05) is 6.92 Å². The molecule has 7 rings (SSSR count). The number of amides is 6. The first kappa shape index (κ1) is 53.0. The van der Waals surface area contributed by atoms with Crippen LogP contribution in [0.4, 0.5) is 18.4 Å². The lowest BCUT2D eigenvalue weighted by atomic mass is 9.43. The third-order valence-electron chi connectivity index (χ3n) is 13.3. The minimum absolute atomic E-state index is 0.0605. The van der Waals surface area contributed by atoms with Crippen molar-refractivity contribution in [1.29, 1.82) is 0 Å². The number of imide groups is 1. The molecule has 69 heavy (non-hydrogen) atoms. The number of esters is 1. The monoisotopic (exact) mass is 989 g/mol. The zero-order valence-corrected chi connectivity index (χ0v) is 41.9. The van der Waals surface area contributed by atoms with Gasteiger partial charge in [0.1, 0.15) is 34.4 Å². The molecular formula is C47H63BClF2N5O13. The van der Waals surface area contributed by atoms with Crippen LogP contribution in [-0.4, -0.2) is 129 Å². The molecule has 18 nitrogen and oxygen atoms in total. The molecule has 2 heterocycles. The van der Waals surface area contributed by atoms with Crippen molar-refractivity contribution < 1.29 is 70.5 Å². The number of rotatable bonds is 15. The molecule has 0 aromatic heterocycles. The van der Waals surface area contributed by atoms with E-state index in [0.717, 1.165) is 18.6 Å². The number of carbonyl (C=O) groups excluding carboxylic acids is 6. The second-order valence-electron chi connectivity index (χ2n) is 20.5. The third-order valence-corrected chi connectivity index (χ3v) is 13.7. The van der Waals surface area contributed by atoms with Crippen LogP contribution in [-0.2, 0) is 39.6 Å². The van der Waals surface area contributed by atoms with Gasteiger partial charge >= 0.3 is 37.0 Å². The van der Waals surface area contributed by atoms with Crippen LogP contribution >= 0.6 is 11.6 Å².